The minimum Gasteiger partial charge on any atom is -0.480 e. The van der Waals surface area contributed by atoms with Crippen molar-refractivity contribution >= 4 is 12.0 Å². The van der Waals surface area contributed by atoms with Crippen molar-refractivity contribution in [2.45, 2.75) is 51.5 Å². The van der Waals surface area contributed by atoms with Crippen LogP contribution in [-0.2, 0) is 4.79 Å². The number of aliphatic carboxylic acids is 1. The van der Waals surface area contributed by atoms with Crippen LogP contribution in [0.2, 0.25) is 0 Å². The Morgan fingerprint density at radius 1 is 1.26 bits per heavy atom. The zero-order chi connectivity index (χ0) is 14.0. The molecule has 2 rings (SSSR count). The second kappa shape index (κ2) is 5.39. The molecule has 0 radical (unpaired) electrons. The lowest BCUT2D eigenvalue weighted by atomic mass is 9.76. The molecule has 3 atom stereocenters. The van der Waals surface area contributed by atoms with Crippen LogP contribution in [0.15, 0.2) is 0 Å². The normalized spacial score (nSPS) is 35.2. The molecule has 0 aromatic heterocycles. The zero-order valence-electron chi connectivity index (χ0n) is 11.8. The average molecular weight is 268 g/mol. The molecule has 0 aromatic rings. The summed E-state index contributed by atoms with van der Waals surface area (Å²) in [5.74, 6) is -0.0286. The highest BCUT2D eigenvalue weighted by Crippen LogP contribution is 2.33. The van der Waals surface area contributed by atoms with Crippen LogP contribution in [0, 0.1) is 11.8 Å². The molecule has 0 aromatic carbocycles. The van der Waals surface area contributed by atoms with Gasteiger partial charge < -0.3 is 15.3 Å². The molecule has 3 unspecified atom stereocenters. The van der Waals surface area contributed by atoms with E-state index in [1.54, 1.807) is 4.90 Å². The molecule has 19 heavy (non-hydrogen) atoms. The number of nitrogens with zero attached hydrogens (tertiary/aromatic N) is 1. The van der Waals surface area contributed by atoms with Crippen molar-refractivity contribution in [1.29, 1.82) is 0 Å². The third-order valence-electron chi connectivity index (χ3n) is 4.46. The molecule has 5 nitrogen and oxygen atoms in total. The molecule has 2 aliphatic rings. The van der Waals surface area contributed by atoms with Crippen molar-refractivity contribution in [3.8, 4) is 0 Å². The molecule has 5 heteroatoms. The number of likely N-dealkylation sites (tertiary alicyclic amines) is 1. The molecule has 1 saturated heterocycles. The molecule has 1 saturated carbocycles. The quantitative estimate of drug-likeness (QED) is 0.805. The van der Waals surface area contributed by atoms with Crippen LogP contribution in [0.3, 0.4) is 0 Å². The van der Waals surface area contributed by atoms with Crippen LogP contribution in [0.5, 0.6) is 0 Å². The van der Waals surface area contributed by atoms with Crippen LogP contribution in [-0.4, -0.2) is 40.6 Å². The summed E-state index contributed by atoms with van der Waals surface area (Å²) in [6.07, 6.45) is 4.00. The highest BCUT2D eigenvalue weighted by molar-refractivity contribution is 5.86. The van der Waals surface area contributed by atoms with Gasteiger partial charge in [0.1, 0.15) is 5.54 Å². The predicted molar refractivity (Wildman–Crippen MR) is 71.9 cm³/mol. The number of hydrogen-bond acceptors (Lipinski definition) is 2. The number of carbonyl (C=O) groups is 2. The van der Waals surface area contributed by atoms with E-state index in [9.17, 15) is 14.7 Å². The van der Waals surface area contributed by atoms with Crippen molar-refractivity contribution < 1.29 is 14.7 Å². The molecular formula is C14H24N2O3. The van der Waals surface area contributed by atoms with Gasteiger partial charge in [-0.25, -0.2) is 9.59 Å². The van der Waals surface area contributed by atoms with Gasteiger partial charge in [0.25, 0.3) is 0 Å². The van der Waals surface area contributed by atoms with Crippen LogP contribution >= 0.6 is 0 Å². The standard InChI is InChI=1S/C14H24N2O3/c1-10-4-3-6-14(8-10,12(17)18)15-13(19)16-7-5-11(2)9-16/h10-11H,3-9H2,1-2H3,(H,15,19)(H,17,18). The summed E-state index contributed by atoms with van der Waals surface area (Å²) >= 11 is 0. The summed E-state index contributed by atoms with van der Waals surface area (Å²) < 4.78 is 0. The van der Waals surface area contributed by atoms with E-state index in [0.29, 0.717) is 24.7 Å². The molecule has 1 heterocycles. The van der Waals surface area contributed by atoms with Crippen molar-refractivity contribution in [3.63, 3.8) is 0 Å². The third-order valence-corrected chi connectivity index (χ3v) is 4.46. The summed E-state index contributed by atoms with van der Waals surface area (Å²) in [6, 6.07) is -0.208. The molecule has 0 bridgehead atoms. The van der Waals surface area contributed by atoms with E-state index in [-0.39, 0.29) is 6.03 Å². The number of rotatable bonds is 2. The van der Waals surface area contributed by atoms with E-state index < -0.39 is 11.5 Å². The van der Waals surface area contributed by atoms with Gasteiger partial charge in [0.15, 0.2) is 0 Å². The first-order valence-electron chi connectivity index (χ1n) is 7.23. The van der Waals surface area contributed by atoms with Crippen molar-refractivity contribution in [2.24, 2.45) is 11.8 Å². The first-order chi connectivity index (χ1) is 8.93. The molecular weight excluding hydrogens is 244 g/mol. The maximum Gasteiger partial charge on any atom is 0.329 e. The Bertz CT molecular complexity index is 372. The minimum absolute atomic E-state index is 0.208. The minimum atomic E-state index is -1.05. The predicted octanol–water partition coefficient (Wildman–Crippen LogP) is 2.07. The number of carboxylic acids is 1. The maximum absolute atomic E-state index is 12.2. The fourth-order valence-electron chi connectivity index (χ4n) is 3.32. The second-order valence-corrected chi connectivity index (χ2v) is 6.36. The number of carbonyl (C=O) groups excluding carboxylic acids is 1. The van der Waals surface area contributed by atoms with Gasteiger partial charge in [-0.3, -0.25) is 0 Å². The van der Waals surface area contributed by atoms with Gasteiger partial charge in [0.2, 0.25) is 0 Å². The lowest BCUT2D eigenvalue weighted by Crippen LogP contribution is -2.59. The lowest BCUT2D eigenvalue weighted by Gasteiger charge is -2.38. The van der Waals surface area contributed by atoms with E-state index in [2.05, 4.69) is 19.2 Å². The Morgan fingerprint density at radius 3 is 2.53 bits per heavy atom. The van der Waals surface area contributed by atoms with Crippen molar-refractivity contribution in [1.82, 2.24) is 10.2 Å². The van der Waals surface area contributed by atoms with Gasteiger partial charge in [-0.05, 0) is 31.1 Å². The van der Waals surface area contributed by atoms with Crippen LogP contribution in [0.25, 0.3) is 0 Å². The highest BCUT2D eigenvalue weighted by atomic mass is 16.4. The first-order valence-corrected chi connectivity index (χ1v) is 7.23. The topological polar surface area (TPSA) is 69.6 Å². The monoisotopic (exact) mass is 268 g/mol. The van der Waals surface area contributed by atoms with E-state index in [1.165, 1.54) is 0 Å². The molecule has 0 spiro atoms. The Kier molecular flexibility index (Phi) is 4.02. The summed E-state index contributed by atoms with van der Waals surface area (Å²) in [7, 11) is 0. The number of carboxylic acid groups (broad SMARTS) is 1. The highest BCUT2D eigenvalue weighted by Gasteiger charge is 2.44. The Balaban J connectivity index is 2.04. The lowest BCUT2D eigenvalue weighted by molar-refractivity contribution is -0.146. The van der Waals surface area contributed by atoms with Crippen molar-refractivity contribution in [2.75, 3.05) is 13.1 Å². The first kappa shape index (κ1) is 14.2. The van der Waals surface area contributed by atoms with E-state index >= 15 is 0 Å². The fraction of sp³-hybridized carbons (Fsp3) is 0.857. The summed E-state index contributed by atoms with van der Waals surface area (Å²) in [6.45, 7) is 5.64. The Hall–Kier alpha value is -1.26. The Labute approximate surface area is 114 Å². The summed E-state index contributed by atoms with van der Waals surface area (Å²) in [5.41, 5.74) is -1.05. The zero-order valence-corrected chi connectivity index (χ0v) is 11.8. The number of hydrogen-bond donors (Lipinski definition) is 2. The maximum atomic E-state index is 12.2. The van der Waals surface area contributed by atoms with E-state index in [4.69, 9.17) is 0 Å². The number of nitrogens with one attached hydrogen (secondary N) is 1. The van der Waals surface area contributed by atoms with Gasteiger partial charge in [-0.15, -0.1) is 0 Å². The molecule has 108 valence electrons. The summed E-state index contributed by atoms with van der Waals surface area (Å²) in [5, 5.41) is 12.3. The molecule has 2 fully saturated rings. The van der Waals surface area contributed by atoms with Gasteiger partial charge in [0.05, 0.1) is 0 Å². The number of amides is 2. The fourth-order valence-corrected chi connectivity index (χ4v) is 3.32. The average Bonchev–Trinajstić information content (AvgIpc) is 2.75. The van der Waals surface area contributed by atoms with Crippen LogP contribution in [0.4, 0.5) is 4.79 Å². The van der Waals surface area contributed by atoms with Gasteiger partial charge >= 0.3 is 12.0 Å². The summed E-state index contributed by atoms with van der Waals surface area (Å²) in [4.78, 5) is 25.6. The molecule has 1 aliphatic heterocycles. The smallest absolute Gasteiger partial charge is 0.329 e. The number of urea groups is 1. The van der Waals surface area contributed by atoms with Gasteiger partial charge in [0, 0.05) is 13.1 Å². The Morgan fingerprint density at radius 2 is 2.00 bits per heavy atom. The van der Waals surface area contributed by atoms with Crippen molar-refractivity contribution in [3.05, 3.63) is 0 Å². The largest absolute Gasteiger partial charge is 0.480 e. The second-order valence-electron chi connectivity index (χ2n) is 6.36. The molecule has 2 amide bonds. The van der Waals surface area contributed by atoms with Crippen LogP contribution in [0.1, 0.15) is 46.0 Å². The molecule has 1 aliphatic carbocycles. The van der Waals surface area contributed by atoms with Gasteiger partial charge in [-0.1, -0.05) is 26.7 Å². The SMILES string of the molecule is CC1CCN(C(=O)NC2(C(=O)O)CCCC(C)C2)C1. The van der Waals surface area contributed by atoms with Crippen LogP contribution < -0.4 is 5.32 Å². The van der Waals surface area contributed by atoms with Gasteiger partial charge in [-0.2, -0.15) is 0 Å². The third kappa shape index (κ3) is 3.01. The molecule has 2 N–H and O–H groups in total. The van der Waals surface area contributed by atoms with E-state index in [1.807, 2.05) is 0 Å². The van der Waals surface area contributed by atoms with E-state index in [0.717, 1.165) is 32.4 Å².